The SMILES string of the molecule is CCOC(=O)C1CC(I)C(OCc2ccc(Br)cc2)C1. The van der Waals surface area contributed by atoms with Gasteiger partial charge in [-0.1, -0.05) is 50.7 Å². The molecule has 1 fully saturated rings. The second-order valence-corrected chi connectivity index (χ2v) is 7.43. The van der Waals surface area contributed by atoms with E-state index >= 15 is 0 Å². The first-order chi connectivity index (χ1) is 9.60. The van der Waals surface area contributed by atoms with Crippen molar-refractivity contribution >= 4 is 44.5 Å². The molecule has 0 aliphatic heterocycles. The molecule has 3 unspecified atom stereocenters. The molecule has 1 aliphatic rings. The van der Waals surface area contributed by atoms with Crippen LogP contribution in [0.3, 0.4) is 0 Å². The van der Waals surface area contributed by atoms with E-state index in [0.717, 1.165) is 22.9 Å². The minimum atomic E-state index is -0.0797. The summed E-state index contributed by atoms with van der Waals surface area (Å²) in [6.07, 6.45) is 1.75. The first-order valence-corrected chi connectivity index (χ1v) is 8.80. The summed E-state index contributed by atoms with van der Waals surface area (Å²) < 4.78 is 12.5. The molecular formula is C15H18BrIO3. The Balaban J connectivity index is 1.84. The second-order valence-electron chi connectivity index (χ2n) is 4.91. The van der Waals surface area contributed by atoms with Crippen molar-refractivity contribution in [3.8, 4) is 0 Å². The third kappa shape index (κ3) is 4.43. The standard InChI is InChI=1S/C15H18BrIO3/c1-2-19-15(18)11-7-13(17)14(8-11)20-9-10-3-5-12(16)6-4-10/h3-6,11,13-14H,2,7-9H2,1H3. The summed E-state index contributed by atoms with van der Waals surface area (Å²) in [7, 11) is 0. The van der Waals surface area contributed by atoms with Crippen LogP contribution in [-0.2, 0) is 20.9 Å². The van der Waals surface area contributed by atoms with Crippen LogP contribution in [0.15, 0.2) is 28.7 Å². The fourth-order valence-corrected chi connectivity index (χ4v) is 3.74. The van der Waals surface area contributed by atoms with Crippen molar-refractivity contribution in [3.05, 3.63) is 34.3 Å². The molecule has 20 heavy (non-hydrogen) atoms. The van der Waals surface area contributed by atoms with Gasteiger partial charge in [0.25, 0.3) is 0 Å². The van der Waals surface area contributed by atoms with Gasteiger partial charge in [0, 0.05) is 8.40 Å². The van der Waals surface area contributed by atoms with Crippen molar-refractivity contribution in [2.45, 2.75) is 36.4 Å². The molecule has 0 saturated heterocycles. The molecule has 110 valence electrons. The molecule has 1 aromatic carbocycles. The topological polar surface area (TPSA) is 35.5 Å². The first-order valence-electron chi connectivity index (χ1n) is 6.77. The van der Waals surface area contributed by atoms with Crippen LogP contribution in [0.2, 0.25) is 0 Å². The van der Waals surface area contributed by atoms with E-state index < -0.39 is 0 Å². The Morgan fingerprint density at radius 2 is 2.05 bits per heavy atom. The Morgan fingerprint density at radius 1 is 1.35 bits per heavy atom. The van der Waals surface area contributed by atoms with E-state index in [4.69, 9.17) is 9.47 Å². The van der Waals surface area contributed by atoms with Gasteiger partial charge in [0.1, 0.15) is 0 Å². The molecule has 2 rings (SSSR count). The molecule has 1 aromatic rings. The minimum absolute atomic E-state index is 0.00762. The van der Waals surface area contributed by atoms with E-state index in [-0.39, 0.29) is 18.0 Å². The number of rotatable bonds is 5. The summed E-state index contributed by atoms with van der Waals surface area (Å²) >= 11 is 5.80. The van der Waals surface area contributed by atoms with Crippen molar-refractivity contribution < 1.29 is 14.3 Å². The summed E-state index contributed by atoms with van der Waals surface area (Å²) in [4.78, 5) is 11.8. The third-order valence-electron chi connectivity index (χ3n) is 3.43. The fourth-order valence-electron chi connectivity index (χ4n) is 2.36. The molecule has 3 atom stereocenters. The number of hydrogen-bond donors (Lipinski definition) is 0. The Hall–Kier alpha value is -0.140. The van der Waals surface area contributed by atoms with E-state index in [1.54, 1.807) is 0 Å². The van der Waals surface area contributed by atoms with Gasteiger partial charge >= 0.3 is 5.97 Å². The Bertz CT molecular complexity index is 449. The van der Waals surface area contributed by atoms with E-state index in [9.17, 15) is 4.79 Å². The Labute approximate surface area is 141 Å². The summed E-state index contributed by atoms with van der Waals surface area (Å²) in [6, 6.07) is 8.11. The number of hydrogen-bond acceptors (Lipinski definition) is 3. The average Bonchev–Trinajstić information content (AvgIpc) is 2.80. The highest BCUT2D eigenvalue weighted by Gasteiger charge is 2.37. The quantitative estimate of drug-likeness (QED) is 0.383. The van der Waals surface area contributed by atoms with E-state index in [1.807, 2.05) is 31.2 Å². The lowest BCUT2D eigenvalue weighted by Gasteiger charge is -2.15. The van der Waals surface area contributed by atoms with Crippen molar-refractivity contribution in [3.63, 3.8) is 0 Å². The van der Waals surface area contributed by atoms with Crippen molar-refractivity contribution in [2.75, 3.05) is 6.61 Å². The van der Waals surface area contributed by atoms with Crippen LogP contribution < -0.4 is 0 Å². The van der Waals surface area contributed by atoms with Crippen molar-refractivity contribution in [1.82, 2.24) is 0 Å². The third-order valence-corrected chi connectivity index (χ3v) is 5.27. The highest BCUT2D eigenvalue weighted by molar-refractivity contribution is 14.1. The van der Waals surface area contributed by atoms with Crippen LogP contribution in [0.4, 0.5) is 0 Å². The molecule has 0 spiro atoms. The molecule has 0 amide bonds. The van der Waals surface area contributed by atoms with E-state index in [0.29, 0.717) is 17.1 Å². The fraction of sp³-hybridized carbons (Fsp3) is 0.533. The van der Waals surface area contributed by atoms with E-state index in [2.05, 4.69) is 38.5 Å². The molecule has 5 heteroatoms. The lowest BCUT2D eigenvalue weighted by molar-refractivity contribution is -0.148. The van der Waals surface area contributed by atoms with Crippen LogP contribution >= 0.6 is 38.5 Å². The van der Waals surface area contributed by atoms with Gasteiger partial charge in [-0.15, -0.1) is 0 Å². The largest absolute Gasteiger partial charge is 0.466 e. The highest BCUT2D eigenvalue weighted by Crippen LogP contribution is 2.35. The number of carbonyl (C=O) groups excluding carboxylic acids is 1. The summed E-state index contributed by atoms with van der Waals surface area (Å²) in [5.41, 5.74) is 1.15. The van der Waals surface area contributed by atoms with Gasteiger partial charge in [-0.05, 0) is 37.5 Å². The normalized spacial score (nSPS) is 25.6. The maximum atomic E-state index is 11.8. The first kappa shape index (κ1) is 16.2. The van der Waals surface area contributed by atoms with Gasteiger partial charge in [0.2, 0.25) is 0 Å². The molecule has 1 aliphatic carbocycles. The smallest absolute Gasteiger partial charge is 0.309 e. The number of carbonyl (C=O) groups is 1. The van der Waals surface area contributed by atoms with Gasteiger partial charge in [0.15, 0.2) is 0 Å². The number of alkyl halides is 1. The maximum Gasteiger partial charge on any atom is 0.309 e. The summed E-state index contributed by atoms with van der Waals surface area (Å²) in [5.74, 6) is -0.0873. The van der Waals surface area contributed by atoms with E-state index in [1.165, 1.54) is 0 Å². The van der Waals surface area contributed by atoms with Crippen LogP contribution in [-0.4, -0.2) is 22.6 Å². The zero-order valence-electron chi connectivity index (χ0n) is 11.4. The second kappa shape index (κ2) is 7.75. The summed E-state index contributed by atoms with van der Waals surface area (Å²) in [6.45, 7) is 2.88. The zero-order valence-corrected chi connectivity index (χ0v) is 15.1. The van der Waals surface area contributed by atoms with Gasteiger partial charge in [0.05, 0.1) is 25.2 Å². The van der Waals surface area contributed by atoms with Crippen molar-refractivity contribution in [2.24, 2.45) is 5.92 Å². The monoisotopic (exact) mass is 452 g/mol. The predicted molar refractivity (Wildman–Crippen MR) is 89.9 cm³/mol. The van der Waals surface area contributed by atoms with Gasteiger partial charge < -0.3 is 9.47 Å². The van der Waals surface area contributed by atoms with Gasteiger partial charge in [-0.2, -0.15) is 0 Å². The number of ether oxygens (including phenoxy) is 2. The lowest BCUT2D eigenvalue weighted by Crippen LogP contribution is -2.18. The number of halogens is 2. The van der Waals surface area contributed by atoms with Gasteiger partial charge in [-0.25, -0.2) is 0 Å². The Kier molecular flexibility index (Phi) is 6.29. The molecule has 0 radical (unpaired) electrons. The maximum absolute atomic E-state index is 11.8. The highest BCUT2D eigenvalue weighted by atomic mass is 127. The average molecular weight is 453 g/mol. The van der Waals surface area contributed by atoms with Gasteiger partial charge in [-0.3, -0.25) is 4.79 Å². The molecule has 0 heterocycles. The molecule has 3 nitrogen and oxygen atoms in total. The molecule has 0 bridgehead atoms. The van der Waals surface area contributed by atoms with Crippen LogP contribution in [0.25, 0.3) is 0 Å². The lowest BCUT2D eigenvalue weighted by atomic mass is 10.1. The minimum Gasteiger partial charge on any atom is -0.466 e. The number of benzene rings is 1. The Morgan fingerprint density at radius 3 is 2.70 bits per heavy atom. The summed E-state index contributed by atoms with van der Waals surface area (Å²) in [5, 5.41) is 0. The van der Waals surface area contributed by atoms with Crippen molar-refractivity contribution in [1.29, 1.82) is 0 Å². The predicted octanol–water partition coefficient (Wildman–Crippen LogP) is 4.11. The zero-order chi connectivity index (χ0) is 14.5. The number of esters is 1. The molecule has 1 saturated carbocycles. The van der Waals surface area contributed by atoms with Crippen LogP contribution in [0, 0.1) is 5.92 Å². The van der Waals surface area contributed by atoms with Crippen LogP contribution in [0.1, 0.15) is 25.3 Å². The van der Waals surface area contributed by atoms with Crippen LogP contribution in [0.5, 0.6) is 0 Å². The molecular weight excluding hydrogens is 435 g/mol. The molecule has 0 N–H and O–H groups in total. The molecule has 0 aromatic heterocycles.